The van der Waals surface area contributed by atoms with Crippen molar-refractivity contribution in [2.75, 3.05) is 13.7 Å². The van der Waals surface area contributed by atoms with Gasteiger partial charge in [0.2, 0.25) is 5.91 Å². The van der Waals surface area contributed by atoms with Crippen LogP contribution in [0.4, 0.5) is 4.39 Å². The molecule has 0 bridgehead atoms. The minimum Gasteiger partial charge on any atom is -0.493 e. The second-order valence-electron chi connectivity index (χ2n) is 4.42. The number of methoxy groups -OCH3 is 1. The third-order valence-electron chi connectivity index (χ3n) is 3.33. The molecule has 5 nitrogen and oxygen atoms in total. The van der Waals surface area contributed by atoms with Crippen molar-refractivity contribution in [2.45, 2.75) is 12.3 Å². The van der Waals surface area contributed by atoms with Crippen molar-refractivity contribution in [3.63, 3.8) is 0 Å². The van der Waals surface area contributed by atoms with Crippen molar-refractivity contribution in [3.05, 3.63) is 29.6 Å². The summed E-state index contributed by atoms with van der Waals surface area (Å²) in [6.07, 6.45) is 0.0107. The van der Waals surface area contributed by atoms with E-state index in [1.165, 1.54) is 19.2 Å². The Hall–Kier alpha value is -2.11. The molecule has 1 heterocycles. The van der Waals surface area contributed by atoms with Gasteiger partial charge in [-0.2, -0.15) is 0 Å². The number of piperidine rings is 1. The molecular formula is C13H14FNO4. The van der Waals surface area contributed by atoms with Crippen LogP contribution in [0.25, 0.3) is 0 Å². The summed E-state index contributed by atoms with van der Waals surface area (Å²) in [7, 11) is 1.32. The number of ether oxygens (including phenoxy) is 1. The molecule has 1 aliphatic heterocycles. The summed E-state index contributed by atoms with van der Waals surface area (Å²) < 4.78 is 18.7. The van der Waals surface area contributed by atoms with Gasteiger partial charge >= 0.3 is 5.97 Å². The summed E-state index contributed by atoms with van der Waals surface area (Å²) in [6.45, 7) is 0.0402. The highest BCUT2D eigenvalue weighted by molar-refractivity contribution is 5.82. The Labute approximate surface area is 109 Å². The summed E-state index contributed by atoms with van der Waals surface area (Å²) in [5.41, 5.74) is 0.421. The number of hydrogen-bond acceptors (Lipinski definition) is 3. The van der Waals surface area contributed by atoms with Crippen LogP contribution in [0.3, 0.4) is 0 Å². The number of carboxylic acid groups (broad SMARTS) is 1. The predicted molar refractivity (Wildman–Crippen MR) is 64.4 cm³/mol. The number of nitrogens with one attached hydrogen (secondary N) is 1. The zero-order chi connectivity index (χ0) is 14.0. The number of rotatable bonds is 3. The number of carbonyl (C=O) groups is 2. The Bertz CT molecular complexity index is 517. The standard InChI is InChI=1S/C13H14FNO4/c1-19-12-7(3-2-4-10(12)14)8-5-11(16)15-6-9(8)13(17)18/h2-4,8-9H,5-6H2,1H3,(H,15,16)(H,17,18). The van der Waals surface area contributed by atoms with E-state index in [4.69, 9.17) is 4.74 Å². The highest BCUT2D eigenvalue weighted by Crippen LogP contribution is 2.37. The zero-order valence-corrected chi connectivity index (χ0v) is 10.4. The summed E-state index contributed by atoms with van der Waals surface area (Å²) in [4.78, 5) is 22.7. The fourth-order valence-electron chi connectivity index (χ4n) is 2.40. The molecule has 1 amide bonds. The lowest BCUT2D eigenvalue weighted by atomic mass is 9.80. The van der Waals surface area contributed by atoms with Crippen LogP contribution in [0.2, 0.25) is 0 Å². The molecule has 1 aromatic rings. The van der Waals surface area contributed by atoms with Gasteiger partial charge in [0.1, 0.15) is 0 Å². The Balaban J connectivity index is 2.44. The maximum absolute atomic E-state index is 13.7. The molecule has 102 valence electrons. The number of halogens is 1. The van der Waals surface area contributed by atoms with Gasteiger partial charge < -0.3 is 15.2 Å². The van der Waals surface area contributed by atoms with Crippen molar-refractivity contribution in [2.24, 2.45) is 5.92 Å². The van der Waals surface area contributed by atoms with Gasteiger partial charge in [-0.1, -0.05) is 12.1 Å². The van der Waals surface area contributed by atoms with Crippen LogP contribution in [0.15, 0.2) is 18.2 Å². The molecule has 2 atom stereocenters. The molecule has 1 saturated heterocycles. The Morgan fingerprint density at radius 2 is 2.26 bits per heavy atom. The third-order valence-corrected chi connectivity index (χ3v) is 3.33. The van der Waals surface area contributed by atoms with Crippen LogP contribution in [0.1, 0.15) is 17.9 Å². The first-order valence-corrected chi connectivity index (χ1v) is 5.86. The fraction of sp³-hybridized carbons (Fsp3) is 0.385. The molecule has 2 N–H and O–H groups in total. The average Bonchev–Trinajstić information content (AvgIpc) is 2.37. The first kappa shape index (κ1) is 13.3. The number of carbonyl (C=O) groups excluding carboxylic acids is 1. The topological polar surface area (TPSA) is 75.6 Å². The SMILES string of the molecule is COc1c(F)cccc1C1CC(=O)NCC1C(=O)O. The maximum atomic E-state index is 13.7. The van der Waals surface area contributed by atoms with Crippen LogP contribution in [-0.2, 0) is 9.59 Å². The molecule has 0 aliphatic carbocycles. The summed E-state index contributed by atoms with van der Waals surface area (Å²) in [5, 5.41) is 11.7. The normalized spacial score (nSPS) is 22.7. The number of benzene rings is 1. The summed E-state index contributed by atoms with van der Waals surface area (Å²) in [6, 6.07) is 4.32. The predicted octanol–water partition coefficient (Wildman–Crippen LogP) is 1.14. The fourth-order valence-corrected chi connectivity index (χ4v) is 2.40. The first-order chi connectivity index (χ1) is 9.04. The minimum absolute atomic E-state index is 0.00782. The highest BCUT2D eigenvalue weighted by Gasteiger charge is 2.37. The van der Waals surface area contributed by atoms with Gasteiger partial charge in [0.05, 0.1) is 13.0 Å². The van der Waals surface area contributed by atoms with Crippen molar-refractivity contribution < 1.29 is 23.8 Å². The monoisotopic (exact) mass is 267 g/mol. The molecule has 2 rings (SSSR count). The van der Waals surface area contributed by atoms with Crippen molar-refractivity contribution in [1.29, 1.82) is 0 Å². The Morgan fingerprint density at radius 3 is 2.89 bits per heavy atom. The number of amides is 1. The lowest BCUT2D eigenvalue weighted by Crippen LogP contribution is -2.43. The summed E-state index contributed by atoms with van der Waals surface area (Å²) in [5.74, 6) is -3.18. The molecule has 0 radical (unpaired) electrons. The van der Waals surface area contributed by atoms with Crippen LogP contribution >= 0.6 is 0 Å². The summed E-state index contributed by atoms with van der Waals surface area (Å²) >= 11 is 0. The van der Waals surface area contributed by atoms with Crippen molar-refractivity contribution in [1.82, 2.24) is 5.32 Å². The number of carboxylic acids is 1. The van der Waals surface area contributed by atoms with Gasteiger partial charge in [0.25, 0.3) is 0 Å². The van der Waals surface area contributed by atoms with Crippen LogP contribution in [0, 0.1) is 11.7 Å². The van der Waals surface area contributed by atoms with E-state index in [-0.39, 0.29) is 24.6 Å². The molecule has 0 saturated carbocycles. The molecule has 1 aliphatic rings. The van der Waals surface area contributed by atoms with E-state index < -0.39 is 23.6 Å². The van der Waals surface area contributed by atoms with Crippen LogP contribution in [-0.4, -0.2) is 30.6 Å². The largest absolute Gasteiger partial charge is 0.493 e. The van der Waals surface area contributed by atoms with E-state index in [1.807, 2.05) is 0 Å². The smallest absolute Gasteiger partial charge is 0.308 e. The number of para-hydroxylation sites is 1. The minimum atomic E-state index is -1.02. The number of aliphatic carboxylic acids is 1. The van der Waals surface area contributed by atoms with E-state index >= 15 is 0 Å². The van der Waals surface area contributed by atoms with E-state index in [0.29, 0.717) is 5.56 Å². The Kier molecular flexibility index (Phi) is 3.69. The maximum Gasteiger partial charge on any atom is 0.308 e. The van der Waals surface area contributed by atoms with Gasteiger partial charge in [0, 0.05) is 24.4 Å². The quantitative estimate of drug-likeness (QED) is 0.861. The molecule has 0 spiro atoms. The van der Waals surface area contributed by atoms with E-state index in [9.17, 15) is 19.1 Å². The van der Waals surface area contributed by atoms with Gasteiger partial charge in [-0.3, -0.25) is 9.59 Å². The molecule has 6 heteroatoms. The van der Waals surface area contributed by atoms with Gasteiger partial charge in [-0.25, -0.2) is 4.39 Å². The average molecular weight is 267 g/mol. The Morgan fingerprint density at radius 1 is 1.53 bits per heavy atom. The second kappa shape index (κ2) is 5.26. The molecule has 0 aromatic heterocycles. The van der Waals surface area contributed by atoms with Gasteiger partial charge in [0.15, 0.2) is 11.6 Å². The third kappa shape index (κ3) is 2.52. The van der Waals surface area contributed by atoms with E-state index in [0.717, 1.165) is 0 Å². The van der Waals surface area contributed by atoms with Crippen LogP contribution < -0.4 is 10.1 Å². The number of hydrogen-bond donors (Lipinski definition) is 2. The van der Waals surface area contributed by atoms with E-state index in [2.05, 4.69) is 5.32 Å². The molecule has 19 heavy (non-hydrogen) atoms. The van der Waals surface area contributed by atoms with Crippen molar-refractivity contribution in [3.8, 4) is 5.75 Å². The van der Waals surface area contributed by atoms with Crippen LogP contribution in [0.5, 0.6) is 5.75 Å². The molecular weight excluding hydrogens is 253 g/mol. The zero-order valence-electron chi connectivity index (χ0n) is 10.4. The second-order valence-corrected chi connectivity index (χ2v) is 4.42. The van der Waals surface area contributed by atoms with Gasteiger partial charge in [-0.15, -0.1) is 0 Å². The van der Waals surface area contributed by atoms with Crippen molar-refractivity contribution >= 4 is 11.9 Å². The lowest BCUT2D eigenvalue weighted by Gasteiger charge is -2.29. The molecule has 1 fully saturated rings. The highest BCUT2D eigenvalue weighted by atomic mass is 19.1. The molecule has 1 aromatic carbocycles. The lowest BCUT2D eigenvalue weighted by molar-refractivity contribution is -0.144. The van der Waals surface area contributed by atoms with Gasteiger partial charge in [-0.05, 0) is 6.07 Å². The molecule has 2 unspecified atom stereocenters. The first-order valence-electron chi connectivity index (χ1n) is 5.86. The van der Waals surface area contributed by atoms with E-state index in [1.54, 1.807) is 6.07 Å².